The van der Waals surface area contributed by atoms with E-state index in [-0.39, 0.29) is 17.7 Å². The zero-order chi connectivity index (χ0) is 15.7. The smallest absolute Gasteiger partial charge is 0.410 e. The molecule has 4 heteroatoms. The molecule has 1 aliphatic carbocycles. The van der Waals surface area contributed by atoms with Gasteiger partial charge in [0, 0.05) is 32.7 Å². The molecule has 1 amide bonds. The van der Waals surface area contributed by atoms with Crippen LogP contribution in [0.15, 0.2) is 24.3 Å². The van der Waals surface area contributed by atoms with Crippen molar-refractivity contribution in [3.05, 3.63) is 35.4 Å². The number of likely N-dealkylation sites (tertiary alicyclic amines) is 1. The molecule has 1 aliphatic heterocycles. The molecule has 1 aromatic carbocycles. The first kappa shape index (κ1) is 15.1. The average molecular weight is 301 g/mol. The summed E-state index contributed by atoms with van der Waals surface area (Å²) in [6.07, 6.45) is 3.54. The van der Waals surface area contributed by atoms with Crippen LogP contribution in [-0.4, -0.2) is 54.1 Å². The lowest BCUT2D eigenvalue weighted by Crippen LogP contribution is -2.53. The second kappa shape index (κ2) is 5.75. The second-order valence-corrected chi connectivity index (χ2v) is 6.90. The molecule has 0 bridgehead atoms. The molecule has 2 aliphatic rings. The predicted molar refractivity (Wildman–Crippen MR) is 86.6 cm³/mol. The standard InChI is InChI=1S/C18H25N2O2/c1-18(19(2)3)9-6-10-20(13-18)17(21)22-16-11-14-7-4-5-8-15(14)12-16/h4-5,7-8,16H,2,6,9-13H2,1,3H3/q+1. The van der Waals surface area contributed by atoms with Gasteiger partial charge in [-0.25, -0.2) is 9.37 Å². The minimum atomic E-state index is -0.175. The Labute approximate surface area is 132 Å². The van der Waals surface area contributed by atoms with Gasteiger partial charge in [0.25, 0.3) is 0 Å². The van der Waals surface area contributed by atoms with Crippen LogP contribution in [0.3, 0.4) is 0 Å². The van der Waals surface area contributed by atoms with Gasteiger partial charge in [-0.2, -0.15) is 0 Å². The van der Waals surface area contributed by atoms with Crippen LogP contribution in [0.25, 0.3) is 0 Å². The van der Waals surface area contributed by atoms with Crippen molar-refractivity contribution in [3.8, 4) is 0 Å². The number of amides is 1. The minimum absolute atomic E-state index is 0.0180. The quantitative estimate of drug-likeness (QED) is 0.621. The van der Waals surface area contributed by atoms with Gasteiger partial charge in [0.15, 0.2) is 5.54 Å². The Bertz CT molecular complexity index is 574. The van der Waals surface area contributed by atoms with Crippen molar-refractivity contribution in [2.75, 3.05) is 20.1 Å². The average Bonchev–Trinajstić information content (AvgIpc) is 2.89. The summed E-state index contributed by atoms with van der Waals surface area (Å²) in [5.74, 6) is 0. The number of benzene rings is 1. The van der Waals surface area contributed by atoms with E-state index in [1.807, 2.05) is 28.7 Å². The molecule has 22 heavy (non-hydrogen) atoms. The van der Waals surface area contributed by atoms with E-state index < -0.39 is 0 Å². The summed E-state index contributed by atoms with van der Waals surface area (Å²) >= 11 is 0. The zero-order valence-electron chi connectivity index (χ0n) is 13.5. The lowest BCUT2D eigenvalue weighted by molar-refractivity contribution is -0.575. The SMILES string of the molecule is C=[N+](C)C1(C)CCCN(C(=O)OC2Cc3ccccc3C2)C1. The van der Waals surface area contributed by atoms with E-state index in [0.29, 0.717) is 6.54 Å². The maximum atomic E-state index is 12.5. The maximum Gasteiger partial charge on any atom is 0.410 e. The third-order valence-corrected chi connectivity index (χ3v) is 5.14. The van der Waals surface area contributed by atoms with E-state index in [9.17, 15) is 4.79 Å². The normalized spacial score (nSPS) is 24.9. The first-order chi connectivity index (χ1) is 10.5. The van der Waals surface area contributed by atoms with Crippen LogP contribution in [0.2, 0.25) is 0 Å². The van der Waals surface area contributed by atoms with E-state index in [0.717, 1.165) is 32.2 Å². The summed E-state index contributed by atoms with van der Waals surface area (Å²) in [7, 11) is 1.97. The van der Waals surface area contributed by atoms with Crippen LogP contribution >= 0.6 is 0 Å². The van der Waals surface area contributed by atoms with Crippen LogP contribution in [-0.2, 0) is 17.6 Å². The van der Waals surface area contributed by atoms with Crippen molar-refractivity contribution in [2.24, 2.45) is 0 Å². The lowest BCUT2D eigenvalue weighted by Gasteiger charge is -2.36. The first-order valence-corrected chi connectivity index (χ1v) is 8.05. The highest BCUT2D eigenvalue weighted by atomic mass is 16.6. The monoisotopic (exact) mass is 301 g/mol. The van der Waals surface area contributed by atoms with Gasteiger partial charge < -0.3 is 9.64 Å². The largest absolute Gasteiger partial charge is 0.445 e. The highest BCUT2D eigenvalue weighted by molar-refractivity contribution is 5.68. The number of carbonyl (C=O) groups excluding carboxylic acids is 1. The van der Waals surface area contributed by atoms with Crippen molar-refractivity contribution in [1.82, 2.24) is 4.90 Å². The molecule has 0 N–H and O–H groups in total. The van der Waals surface area contributed by atoms with Crippen molar-refractivity contribution >= 4 is 12.8 Å². The highest BCUT2D eigenvalue weighted by Gasteiger charge is 2.40. The number of piperidine rings is 1. The molecule has 0 spiro atoms. The Morgan fingerprint density at radius 3 is 2.59 bits per heavy atom. The molecular formula is C18H25N2O2+. The van der Waals surface area contributed by atoms with Gasteiger partial charge >= 0.3 is 6.09 Å². The van der Waals surface area contributed by atoms with Crippen molar-refractivity contribution in [1.29, 1.82) is 0 Å². The van der Waals surface area contributed by atoms with Crippen LogP contribution < -0.4 is 0 Å². The van der Waals surface area contributed by atoms with E-state index in [2.05, 4.69) is 25.8 Å². The van der Waals surface area contributed by atoms with Crippen molar-refractivity contribution < 1.29 is 14.1 Å². The molecule has 0 saturated carbocycles. The van der Waals surface area contributed by atoms with Gasteiger partial charge in [-0.3, -0.25) is 0 Å². The third-order valence-electron chi connectivity index (χ3n) is 5.14. The van der Waals surface area contributed by atoms with Gasteiger partial charge in [-0.1, -0.05) is 24.3 Å². The molecule has 1 heterocycles. The molecule has 4 nitrogen and oxygen atoms in total. The van der Waals surface area contributed by atoms with Crippen LogP contribution in [0, 0.1) is 0 Å². The summed E-state index contributed by atoms with van der Waals surface area (Å²) in [6, 6.07) is 8.34. The van der Waals surface area contributed by atoms with Crippen molar-refractivity contribution in [3.63, 3.8) is 0 Å². The fraction of sp³-hybridized carbons (Fsp3) is 0.556. The highest BCUT2D eigenvalue weighted by Crippen LogP contribution is 2.27. The maximum absolute atomic E-state index is 12.5. The van der Waals surface area contributed by atoms with Gasteiger partial charge in [0.05, 0.1) is 6.54 Å². The van der Waals surface area contributed by atoms with E-state index in [1.165, 1.54) is 11.1 Å². The van der Waals surface area contributed by atoms with Crippen LogP contribution in [0.5, 0.6) is 0 Å². The molecular weight excluding hydrogens is 276 g/mol. The Balaban J connectivity index is 1.60. The molecule has 1 aromatic rings. The number of nitrogens with zero attached hydrogens (tertiary/aromatic N) is 2. The molecule has 1 fully saturated rings. The summed E-state index contributed by atoms with van der Waals surface area (Å²) in [4.78, 5) is 14.3. The number of rotatable bonds is 2. The fourth-order valence-corrected chi connectivity index (χ4v) is 3.51. The van der Waals surface area contributed by atoms with Gasteiger partial charge in [-0.05, 0) is 17.5 Å². The minimum Gasteiger partial charge on any atom is -0.445 e. The zero-order valence-corrected chi connectivity index (χ0v) is 13.5. The molecule has 3 rings (SSSR count). The Hall–Kier alpha value is -1.84. The van der Waals surface area contributed by atoms with E-state index >= 15 is 0 Å². The first-order valence-electron chi connectivity index (χ1n) is 8.05. The number of hydrogen-bond acceptors (Lipinski definition) is 2. The van der Waals surface area contributed by atoms with Crippen molar-refractivity contribution in [2.45, 2.75) is 44.2 Å². The summed E-state index contributed by atoms with van der Waals surface area (Å²) in [5, 5.41) is 0. The summed E-state index contributed by atoms with van der Waals surface area (Å²) < 4.78 is 7.72. The summed E-state index contributed by atoms with van der Waals surface area (Å²) in [5.41, 5.74) is 2.55. The van der Waals surface area contributed by atoms with Crippen LogP contribution in [0.4, 0.5) is 4.79 Å². The van der Waals surface area contributed by atoms with Gasteiger partial charge in [0.2, 0.25) is 0 Å². The molecule has 1 saturated heterocycles. The van der Waals surface area contributed by atoms with Gasteiger partial charge in [-0.15, -0.1) is 0 Å². The second-order valence-electron chi connectivity index (χ2n) is 6.90. The molecule has 118 valence electrons. The fourth-order valence-electron chi connectivity index (χ4n) is 3.51. The topological polar surface area (TPSA) is 32.5 Å². The number of ether oxygens (including phenoxy) is 1. The lowest BCUT2D eigenvalue weighted by atomic mass is 9.91. The van der Waals surface area contributed by atoms with Crippen LogP contribution in [0.1, 0.15) is 30.9 Å². The number of hydrogen-bond donors (Lipinski definition) is 0. The Kier molecular flexibility index (Phi) is 3.94. The molecule has 0 radical (unpaired) electrons. The predicted octanol–water partition coefficient (Wildman–Crippen LogP) is 2.49. The number of fused-ring (bicyclic) bond motifs is 1. The Morgan fingerprint density at radius 2 is 2.00 bits per heavy atom. The number of carbonyl (C=O) groups is 1. The molecule has 1 atom stereocenters. The van der Waals surface area contributed by atoms with E-state index in [4.69, 9.17) is 4.74 Å². The Morgan fingerprint density at radius 1 is 1.36 bits per heavy atom. The number of likely N-dealkylation sites (N-methyl/N-ethyl adjacent to an activating group) is 1. The third kappa shape index (κ3) is 2.87. The van der Waals surface area contributed by atoms with Gasteiger partial charge in [0.1, 0.15) is 19.9 Å². The van der Waals surface area contributed by atoms with E-state index in [1.54, 1.807) is 0 Å². The molecule has 0 aromatic heterocycles. The molecule has 1 unspecified atom stereocenters. The summed E-state index contributed by atoms with van der Waals surface area (Å²) in [6.45, 7) is 7.64.